The summed E-state index contributed by atoms with van der Waals surface area (Å²) in [6.07, 6.45) is 1.09. The summed E-state index contributed by atoms with van der Waals surface area (Å²) in [5, 5.41) is 0. The summed E-state index contributed by atoms with van der Waals surface area (Å²) in [4.78, 5) is 38.7. The second-order valence-electron chi connectivity index (χ2n) is 6.35. The van der Waals surface area contributed by atoms with Crippen LogP contribution in [0.3, 0.4) is 0 Å². The summed E-state index contributed by atoms with van der Waals surface area (Å²) in [6.45, 7) is 0.203. The van der Waals surface area contributed by atoms with E-state index in [0.717, 1.165) is 11.1 Å². The Labute approximate surface area is 162 Å². The molecule has 0 aromatic heterocycles. The fourth-order valence-corrected chi connectivity index (χ4v) is 3.36. The lowest BCUT2D eigenvalue weighted by atomic mass is 9.94. The predicted molar refractivity (Wildman–Crippen MR) is 101 cm³/mol. The molecule has 1 atom stereocenters. The molecule has 0 bridgehead atoms. The molecule has 1 aliphatic heterocycles. The number of nitrogens with zero attached hydrogens (tertiary/aromatic N) is 1. The normalized spacial score (nSPS) is 15.4. The highest BCUT2D eigenvalue weighted by Gasteiger charge is 2.34. The van der Waals surface area contributed by atoms with E-state index in [1.165, 1.54) is 38.4 Å². The number of methoxy groups -OCH3 is 3. The summed E-state index contributed by atoms with van der Waals surface area (Å²) in [6, 6.07) is 9.73. The average Bonchev–Trinajstić information content (AvgIpc) is 2.75. The number of carbonyl (C=O) groups is 3. The van der Waals surface area contributed by atoms with E-state index in [1.54, 1.807) is 0 Å². The van der Waals surface area contributed by atoms with Crippen LogP contribution in [-0.2, 0) is 22.6 Å². The van der Waals surface area contributed by atoms with Gasteiger partial charge < -0.3 is 23.9 Å². The van der Waals surface area contributed by atoms with Crippen LogP contribution in [0.2, 0.25) is 0 Å². The van der Waals surface area contributed by atoms with Gasteiger partial charge in [0.1, 0.15) is 6.29 Å². The van der Waals surface area contributed by atoms with E-state index in [4.69, 9.17) is 14.2 Å². The lowest BCUT2D eigenvalue weighted by Gasteiger charge is -2.33. The Morgan fingerprint density at radius 1 is 1.00 bits per heavy atom. The van der Waals surface area contributed by atoms with Crippen molar-refractivity contribution >= 4 is 18.0 Å². The zero-order valence-electron chi connectivity index (χ0n) is 15.9. The van der Waals surface area contributed by atoms with E-state index < -0.39 is 17.7 Å². The molecule has 0 radical (unpaired) electrons. The fourth-order valence-electron chi connectivity index (χ4n) is 3.36. The SMILES string of the molecule is COc1cc(C(=O)C(=O)N2Cc3ccccc3CC2C=O)cc(OC)c1OC. The number of ether oxygens (including phenoxy) is 3. The zero-order chi connectivity index (χ0) is 20.3. The van der Waals surface area contributed by atoms with Crippen LogP contribution in [0.25, 0.3) is 0 Å². The molecular weight excluding hydrogens is 362 g/mol. The number of Topliss-reactive ketones (excluding diaryl/α,β-unsaturated/α-hetero) is 1. The quantitative estimate of drug-likeness (QED) is 0.431. The highest BCUT2D eigenvalue weighted by atomic mass is 16.5. The molecule has 7 nitrogen and oxygen atoms in total. The molecule has 2 aromatic rings. The van der Waals surface area contributed by atoms with Gasteiger partial charge in [-0.25, -0.2) is 0 Å². The van der Waals surface area contributed by atoms with E-state index in [1.807, 2.05) is 24.3 Å². The molecule has 1 unspecified atom stereocenters. The van der Waals surface area contributed by atoms with Crippen molar-refractivity contribution in [3.63, 3.8) is 0 Å². The second kappa shape index (κ2) is 8.12. The van der Waals surface area contributed by atoms with Crippen molar-refractivity contribution in [3.8, 4) is 17.2 Å². The van der Waals surface area contributed by atoms with Crippen LogP contribution < -0.4 is 14.2 Å². The van der Waals surface area contributed by atoms with Gasteiger partial charge in [-0.2, -0.15) is 0 Å². The minimum atomic E-state index is -0.749. The first-order valence-electron chi connectivity index (χ1n) is 8.71. The van der Waals surface area contributed by atoms with Crippen molar-refractivity contribution in [1.82, 2.24) is 4.90 Å². The number of rotatable bonds is 6. The van der Waals surface area contributed by atoms with Crippen LogP contribution in [0.15, 0.2) is 36.4 Å². The molecule has 1 aliphatic rings. The second-order valence-corrected chi connectivity index (χ2v) is 6.35. The van der Waals surface area contributed by atoms with Crippen LogP contribution >= 0.6 is 0 Å². The Kier molecular flexibility index (Phi) is 5.63. The highest BCUT2D eigenvalue weighted by Crippen LogP contribution is 2.38. The summed E-state index contributed by atoms with van der Waals surface area (Å²) in [5.74, 6) is -0.624. The summed E-state index contributed by atoms with van der Waals surface area (Å²) in [7, 11) is 4.31. The topological polar surface area (TPSA) is 82.1 Å². The third-order valence-electron chi connectivity index (χ3n) is 4.83. The van der Waals surface area contributed by atoms with Gasteiger partial charge in [0.25, 0.3) is 11.7 Å². The number of hydrogen-bond acceptors (Lipinski definition) is 6. The Hall–Kier alpha value is -3.35. The predicted octanol–water partition coefficient (Wildman–Crippen LogP) is 2.05. The van der Waals surface area contributed by atoms with Crippen LogP contribution in [-0.4, -0.2) is 50.2 Å². The van der Waals surface area contributed by atoms with Gasteiger partial charge in [-0.15, -0.1) is 0 Å². The van der Waals surface area contributed by atoms with Crippen molar-refractivity contribution < 1.29 is 28.6 Å². The number of amides is 1. The smallest absolute Gasteiger partial charge is 0.295 e. The Morgan fingerprint density at radius 2 is 1.61 bits per heavy atom. The molecule has 0 aliphatic carbocycles. The van der Waals surface area contributed by atoms with Crippen molar-refractivity contribution in [1.29, 1.82) is 0 Å². The number of hydrogen-bond donors (Lipinski definition) is 0. The first-order valence-corrected chi connectivity index (χ1v) is 8.71. The van der Waals surface area contributed by atoms with Crippen molar-refractivity contribution in [2.45, 2.75) is 19.0 Å². The van der Waals surface area contributed by atoms with Crippen LogP contribution in [0, 0.1) is 0 Å². The molecule has 0 N–H and O–H groups in total. The maximum Gasteiger partial charge on any atom is 0.295 e. The fraction of sp³-hybridized carbons (Fsp3) is 0.286. The minimum Gasteiger partial charge on any atom is -0.493 e. The summed E-state index contributed by atoms with van der Waals surface area (Å²) < 4.78 is 15.7. The highest BCUT2D eigenvalue weighted by molar-refractivity contribution is 6.43. The maximum atomic E-state index is 12.9. The summed E-state index contributed by atoms with van der Waals surface area (Å²) in [5.41, 5.74) is 2.03. The van der Waals surface area contributed by atoms with Gasteiger partial charge >= 0.3 is 0 Å². The number of aldehydes is 1. The van der Waals surface area contributed by atoms with Crippen molar-refractivity contribution in [3.05, 3.63) is 53.1 Å². The van der Waals surface area contributed by atoms with Crippen molar-refractivity contribution in [2.24, 2.45) is 0 Å². The molecule has 3 rings (SSSR count). The Bertz CT molecular complexity index is 898. The molecule has 0 spiro atoms. The first-order chi connectivity index (χ1) is 13.5. The van der Waals surface area contributed by atoms with E-state index in [-0.39, 0.29) is 23.6 Å². The molecule has 1 heterocycles. The zero-order valence-corrected chi connectivity index (χ0v) is 15.9. The lowest BCUT2D eigenvalue weighted by Crippen LogP contribution is -2.48. The third-order valence-corrected chi connectivity index (χ3v) is 4.83. The third kappa shape index (κ3) is 3.43. The van der Waals surface area contributed by atoms with Gasteiger partial charge in [-0.1, -0.05) is 24.3 Å². The monoisotopic (exact) mass is 383 g/mol. The molecule has 0 saturated heterocycles. The number of benzene rings is 2. The molecular formula is C21H21NO6. The average molecular weight is 383 g/mol. The van der Waals surface area contributed by atoms with E-state index in [9.17, 15) is 14.4 Å². The largest absolute Gasteiger partial charge is 0.493 e. The number of fused-ring (bicyclic) bond motifs is 1. The van der Waals surface area contributed by atoms with Gasteiger partial charge in [-0.05, 0) is 23.3 Å². The first kappa shape index (κ1) is 19.4. The van der Waals surface area contributed by atoms with Gasteiger partial charge in [0.15, 0.2) is 11.5 Å². The lowest BCUT2D eigenvalue weighted by molar-refractivity contribution is -0.133. The van der Waals surface area contributed by atoms with Crippen LogP contribution in [0.5, 0.6) is 17.2 Å². The Morgan fingerprint density at radius 3 is 2.14 bits per heavy atom. The summed E-state index contributed by atoms with van der Waals surface area (Å²) >= 11 is 0. The minimum absolute atomic E-state index is 0.100. The number of carbonyl (C=O) groups excluding carboxylic acids is 3. The Balaban J connectivity index is 1.94. The van der Waals surface area contributed by atoms with Gasteiger partial charge in [-0.3, -0.25) is 9.59 Å². The van der Waals surface area contributed by atoms with Gasteiger partial charge in [0, 0.05) is 18.5 Å². The van der Waals surface area contributed by atoms with Crippen molar-refractivity contribution in [2.75, 3.05) is 21.3 Å². The maximum absolute atomic E-state index is 12.9. The standard InChI is InChI=1S/C21H21NO6/c1-26-17-9-15(10-18(27-2)20(17)28-3)19(24)21(25)22-11-14-7-5-4-6-13(14)8-16(22)12-23/h4-7,9-10,12,16H,8,11H2,1-3H3. The van der Waals surface area contributed by atoms with E-state index >= 15 is 0 Å². The molecule has 7 heteroatoms. The van der Waals surface area contributed by atoms with Gasteiger partial charge in [0.05, 0.1) is 27.4 Å². The molecule has 0 fully saturated rings. The molecule has 1 amide bonds. The number of ketones is 1. The van der Waals surface area contributed by atoms with E-state index in [2.05, 4.69) is 0 Å². The molecule has 28 heavy (non-hydrogen) atoms. The molecule has 0 saturated carbocycles. The van der Waals surface area contributed by atoms with Crippen LogP contribution in [0.1, 0.15) is 21.5 Å². The van der Waals surface area contributed by atoms with Crippen LogP contribution in [0.4, 0.5) is 0 Å². The molecule has 146 valence electrons. The molecule has 2 aromatic carbocycles. The van der Waals surface area contributed by atoms with Gasteiger partial charge in [0.2, 0.25) is 5.75 Å². The van der Waals surface area contributed by atoms with E-state index in [0.29, 0.717) is 18.5 Å².